The lowest BCUT2D eigenvalue weighted by molar-refractivity contribution is 0.468. The molecule has 140 valence electrons. The summed E-state index contributed by atoms with van der Waals surface area (Å²) in [6.07, 6.45) is 0. The van der Waals surface area contributed by atoms with Gasteiger partial charge < -0.3 is 14.3 Å². The first-order chi connectivity index (χ1) is 13.4. The van der Waals surface area contributed by atoms with E-state index < -0.39 is 11.4 Å². The van der Waals surface area contributed by atoms with Gasteiger partial charge in [-0.05, 0) is 61.4 Å². The van der Waals surface area contributed by atoms with E-state index in [2.05, 4.69) is 0 Å². The van der Waals surface area contributed by atoms with Gasteiger partial charge in [-0.3, -0.25) is 0 Å². The molecule has 1 heterocycles. The minimum absolute atomic E-state index is 0.0253. The summed E-state index contributed by atoms with van der Waals surface area (Å²) in [5, 5.41) is 10.3. The Morgan fingerprint density at radius 2 is 1.71 bits per heavy atom. The average Bonchev–Trinajstić information content (AvgIpc) is 2.64. The lowest BCUT2D eigenvalue weighted by atomic mass is 9.99. The van der Waals surface area contributed by atoms with Crippen LogP contribution >= 0.6 is 0 Å². The standard InChI is InChI=1S/C23H17FO4/c1-13-3-7-17(8-4-13)27-22-19-10-6-16(25)12-20(19)28-23(26)21(22)18-9-5-15(24)11-14(18)2/h3-12,25H,1-2H3. The topological polar surface area (TPSA) is 59.7 Å². The van der Waals surface area contributed by atoms with Gasteiger partial charge in [-0.25, -0.2) is 9.18 Å². The van der Waals surface area contributed by atoms with Crippen molar-refractivity contribution in [2.24, 2.45) is 0 Å². The van der Waals surface area contributed by atoms with Crippen molar-refractivity contribution in [1.82, 2.24) is 0 Å². The van der Waals surface area contributed by atoms with Crippen LogP contribution in [0.15, 0.2) is 69.9 Å². The summed E-state index contributed by atoms with van der Waals surface area (Å²) in [5.41, 5.74) is 1.96. The quantitative estimate of drug-likeness (QED) is 0.465. The molecule has 0 bridgehead atoms. The zero-order valence-corrected chi connectivity index (χ0v) is 15.3. The summed E-state index contributed by atoms with van der Waals surface area (Å²) in [6, 6.07) is 16.1. The number of ether oxygens (including phenoxy) is 1. The largest absolute Gasteiger partial charge is 0.508 e. The van der Waals surface area contributed by atoms with Crippen LogP contribution in [0.5, 0.6) is 17.2 Å². The minimum Gasteiger partial charge on any atom is -0.508 e. The molecule has 0 spiro atoms. The molecule has 5 heteroatoms. The van der Waals surface area contributed by atoms with Gasteiger partial charge in [0, 0.05) is 6.07 Å². The number of rotatable bonds is 3. The van der Waals surface area contributed by atoms with Crippen LogP contribution in [0.3, 0.4) is 0 Å². The Morgan fingerprint density at radius 1 is 0.964 bits per heavy atom. The third-order valence-electron chi connectivity index (χ3n) is 4.54. The molecule has 0 unspecified atom stereocenters. The van der Waals surface area contributed by atoms with Crippen LogP contribution in [0.2, 0.25) is 0 Å². The van der Waals surface area contributed by atoms with Gasteiger partial charge in [-0.1, -0.05) is 23.8 Å². The fourth-order valence-corrected chi connectivity index (χ4v) is 3.13. The lowest BCUT2D eigenvalue weighted by Crippen LogP contribution is -2.07. The highest BCUT2D eigenvalue weighted by Gasteiger charge is 2.20. The average molecular weight is 376 g/mol. The van der Waals surface area contributed by atoms with Gasteiger partial charge in [0.2, 0.25) is 0 Å². The maximum absolute atomic E-state index is 13.6. The van der Waals surface area contributed by atoms with Crippen molar-refractivity contribution >= 4 is 11.0 Å². The van der Waals surface area contributed by atoms with E-state index in [1.807, 2.05) is 19.1 Å². The first kappa shape index (κ1) is 17.8. The molecule has 0 saturated heterocycles. The first-order valence-corrected chi connectivity index (χ1v) is 8.73. The fourth-order valence-electron chi connectivity index (χ4n) is 3.13. The Balaban J connectivity index is 2.02. The molecule has 0 aliphatic heterocycles. The van der Waals surface area contributed by atoms with Gasteiger partial charge in [-0.2, -0.15) is 0 Å². The number of phenols is 1. The van der Waals surface area contributed by atoms with Crippen molar-refractivity contribution in [3.63, 3.8) is 0 Å². The van der Waals surface area contributed by atoms with Crippen LogP contribution in [0.1, 0.15) is 11.1 Å². The number of halogens is 1. The van der Waals surface area contributed by atoms with Gasteiger partial charge in [0.1, 0.15) is 28.5 Å². The molecule has 1 aromatic heterocycles. The molecule has 0 aliphatic carbocycles. The van der Waals surface area contributed by atoms with Gasteiger partial charge in [0.25, 0.3) is 0 Å². The molecule has 0 amide bonds. The summed E-state index contributed by atoms with van der Waals surface area (Å²) >= 11 is 0. The third-order valence-corrected chi connectivity index (χ3v) is 4.54. The summed E-state index contributed by atoms with van der Waals surface area (Å²) in [4.78, 5) is 12.8. The molecule has 0 saturated carbocycles. The molecule has 4 rings (SSSR count). The smallest absolute Gasteiger partial charge is 0.348 e. The SMILES string of the molecule is Cc1ccc(Oc2c(-c3ccc(F)cc3C)c(=O)oc3cc(O)ccc23)cc1. The highest BCUT2D eigenvalue weighted by atomic mass is 19.1. The summed E-state index contributed by atoms with van der Waals surface area (Å²) in [5.74, 6) is 0.427. The molecule has 0 fully saturated rings. The van der Waals surface area contributed by atoms with E-state index in [0.29, 0.717) is 28.0 Å². The monoisotopic (exact) mass is 376 g/mol. The van der Waals surface area contributed by atoms with Crippen LogP contribution in [0.25, 0.3) is 22.1 Å². The van der Waals surface area contributed by atoms with E-state index in [-0.39, 0.29) is 16.9 Å². The summed E-state index contributed by atoms with van der Waals surface area (Å²) < 4.78 is 25.1. The molecule has 4 aromatic rings. The van der Waals surface area contributed by atoms with E-state index in [1.54, 1.807) is 25.1 Å². The van der Waals surface area contributed by atoms with Gasteiger partial charge >= 0.3 is 5.63 Å². The van der Waals surface area contributed by atoms with E-state index >= 15 is 0 Å². The first-order valence-electron chi connectivity index (χ1n) is 8.73. The van der Waals surface area contributed by atoms with Crippen LogP contribution < -0.4 is 10.4 Å². The Morgan fingerprint density at radius 3 is 2.43 bits per heavy atom. The van der Waals surface area contributed by atoms with E-state index in [4.69, 9.17) is 9.15 Å². The number of hydrogen-bond acceptors (Lipinski definition) is 4. The number of benzene rings is 3. The van der Waals surface area contributed by atoms with E-state index in [1.165, 1.54) is 30.3 Å². The van der Waals surface area contributed by atoms with E-state index in [9.17, 15) is 14.3 Å². The van der Waals surface area contributed by atoms with Gasteiger partial charge in [0.05, 0.1) is 5.39 Å². The molecule has 0 atom stereocenters. The molecular weight excluding hydrogens is 359 g/mol. The van der Waals surface area contributed by atoms with Crippen LogP contribution in [-0.2, 0) is 0 Å². The van der Waals surface area contributed by atoms with E-state index in [0.717, 1.165) is 5.56 Å². The zero-order chi connectivity index (χ0) is 19.8. The van der Waals surface area contributed by atoms with Crippen molar-refractivity contribution in [2.45, 2.75) is 13.8 Å². The van der Waals surface area contributed by atoms with Crippen molar-refractivity contribution in [1.29, 1.82) is 0 Å². The van der Waals surface area contributed by atoms with Crippen molar-refractivity contribution in [3.05, 3.63) is 88.0 Å². The number of fused-ring (bicyclic) bond motifs is 1. The summed E-state index contributed by atoms with van der Waals surface area (Å²) in [7, 11) is 0. The molecule has 4 nitrogen and oxygen atoms in total. The highest BCUT2D eigenvalue weighted by Crippen LogP contribution is 2.39. The van der Waals surface area contributed by atoms with Gasteiger partial charge in [0.15, 0.2) is 5.75 Å². The molecule has 28 heavy (non-hydrogen) atoms. The van der Waals surface area contributed by atoms with Gasteiger partial charge in [-0.15, -0.1) is 0 Å². The number of aromatic hydroxyl groups is 1. The third kappa shape index (κ3) is 3.22. The number of phenolic OH excluding ortho intramolecular Hbond substituents is 1. The number of aryl methyl sites for hydroxylation is 2. The van der Waals surface area contributed by atoms with Crippen molar-refractivity contribution in [2.75, 3.05) is 0 Å². The Kier molecular flexibility index (Phi) is 4.35. The van der Waals surface area contributed by atoms with Crippen LogP contribution in [-0.4, -0.2) is 5.11 Å². The Labute approximate surface area is 160 Å². The Bertz CT molecular complexity index is 1240. The fraction of sp³-hybridized carbons (Fsp3) is 0.0870. The zero-order valence-electron chi connectivity index (χ0n) is 15.3. The maximum Gasteiger partial charge on any atom is 0.348 e. The summed E-state index contributed by atoms with van der Waals surface area (Å²) in [6.45, 7) is 3.68. The predicted octanol–water partition coefficient (Wildman–Crippen LogP) is 5.71. The molecule has 0 radical (unpaired) electrons. The molecule has 3 aromatic carbocycles. The van der Waals surface area contributed by atoms with Crippen molar-refractivity contribution in [3.8, 4) is 28.4 Å². The minimum atomic E-state index is -0.630. The second-order valence-corrected chi connectivity index (χ2v) is 6.65. The van der Waals surface area contributed by atoms with Crippen LogP contribution in [0.4, 0.5) is 4.39 Å². The maximum atomic E-state index is 13.6. The van der Waals surface area contributed by atoms with Crippen molar-refractivity contribution < 1.29 is 18.7 Å². The second-order valence-electron chi connectivity index (χ2n) is 6.65. The predicted molar refractivity (Wildman–Crippen MR) is 106 cm³/mol. The second kappa shape index (κ2) is 6.85. The molecule has 0 aliphatic rings. The lowest BCUT2D eigenvalue weighted by Gasteiger charge is -2.15. The normalized spacial score (nSPS) is 11.0. The molecule has 1 N–H and O–H groups in total. The number of hydrogen-bond donors (Lipinski definition) is 1. The molecular formula is C23H17FO4. The Hall–Kier alpha value is -3.60. The van der Waals surface area contributed by atoms with Crippen LogP contribution in [0, 0.1) is 19.7 Å². The highest BCUT2D eigenvalue weighted by molar-refractivity contribution is 5.92.